The quantitative estimate of drug-likeness (QED) is 0.410. The van der Waals surface area contributed by atoms with Crippen LogP contribution in [0.1, 0.15) is 57.4 Å². The number of amides is 2. The van der Waals surface area contributed by atoms with Crippen molar-refractivity contribution in [1.82, 2.24) is 30.4 Å². The first-order valence-electron chi connectivity index (χ1n) is 11.7. The zero-order valence-electron chi connectivity index (χ0n) is 21.2. The zero-order chi connectivity index (χ0) is 25.6. The van der Waals surface area contributed by atoms with Crippen LogP contribution < -0.4 is 5.32 Å². The highest BCUT2D eigenvalue weighted by atomic mass is 16.5. The molecule has 1 unspecified atom stereocenters. The molecule has 0 saturated heterocycles. The molecular weight excluding hydrogens is 452 g/mol. The molecule has 3 rings (SSSR count). The minimum atomic E-state index is -0.965. The smallest absolute Gasteiger partial charge is 0.251 e. The van der Waals surface area contributed by atoms with Gasteiger partial charge in [0.1, 0.15) is 23.8 Å². The summed E-state index contributed by atoms with van der Waals surface area (Å²) in [6, 6.07) is 6.06. The van der Waals surface area contributed by atoms with Gasteiger partial charge < -0.3 is 23.8 Å². The second-order valence-corrected chi connectivity index (χ2v) is 9.28. The number of ether oxygens (including phenoxy) is 1. The normalized spacial score (nSPS) is 12.5. The van der Waals surface area contributed by atoms with E-state index in [0.29, 0.717) is 42.7 Å². The summed E-state index contributed by atoms with van der Waals surface area (Å²) in [6.07, 6.45) is 0.542. The van der Waals surface area contributed by atoms with Gasteiger partial charge in [-0.1, -0.05) is 0 Å². The van der Waals surface area contributed by atoms with Crippen molar-refractivity contribution in [3.63, 3.8) is 0 Å². The average molecular weight is 487 g/mol. The van der Waals surface area contributed by atoms with Crippen LogP contribution in [-0.4, -0.2) is 62.2 Å². The lowest BCUT2D eigenvalue weighted by atomic mass is 10.1. The molecule has 0 aliphatic heterocycles. The van der Waals surface area contributed by atoms with Crippen molar-refractivity contribution in [1.29, 1.82) is 0 Å². The maximum Gasteiger partial charge on any atom is 0.251 e. The molecule has 11 heteroatoms. The number of aryl methyl sites for hydroxylation is 2. The molecular formula is C24H34N6O5. The van der Waals surface area contributed by atoms with Crippen LogP contribution in [0.3, 0.4) is 0 Å². The summed E-state index contributed by atoms with van der Waals surface area (Å²) in [5.41, 5.74) is -0.499. The molecule has 1 N–H and O–H groups in total. The molecule has 0 aliphatic rings. The molecule has 35 heavy (non-hydrogen) atoms. The third kappa shape index (κ3) is 7.25. The van der Waals surface area contributed by atoms with Crippen molar-refractivity contribution < 1.29 is 23.2 Å². The molecule has 0 radical (unpaired) electrons. The number of nitrogens with zero attached hydrogens (tertiary/aromatic N) is 5. The molecule has 190 valence electrons. The molecule has 0 fully saturated rings. The Morgan fingerprint density at radius 1 is 1.14 bits per heavy atom. The number of aromatic nitrogens is 4. The number of nitrogens with one attached hydrogen (secondary N) is 1. The predicted octanol–water partition coefficient (Wildman–Crippen LogP) is 3.05. The van der Waals surface area contributed by atoms with Gasteiger partial charge in [0.05, 0.1) is 0 Å². The predicted molar refractivity (Wildman–Crippen MR) is 127 cm³/mol. The van der Waals surface area contributed by atoms with Gasteiger partial charge in [-0.3, -0.25) is 9.59 Å². The van der Waals surface area contributed by atoms with Crippen LogP contribution in [0.5, 0.6) is 0 Å². The lowest BCUT2D eigenvalue weighted by molar-refractivity contribution is -0.143. The standard InChI is InChI=1S/C24H34N6O5/c1-7-33-14-8-13-29(21(18-11-9-16(2)34-18)23(32)25-24(4,5)6)20(31)15-30-27-22(26-28-30)19-12-10-17(3)35-19/h9-12,21H,7-8,13-15H2,1-6H3,(H,25,32). The fourth-order valence-corrected chi connectivity index (χ4v) is 3.52. The van der Waals surface area contributed by atoms with Gasteiger partial charge >= 0.3 is 0 Å². The van der Waals surface area contributed by atoms with E-state index in [-0.39, 0.29) is 30.7 Å². The van der Waals surface area contributed by atoms with Gasteiger partial charge in [0.15, 0.2) is 11.8 Å². The number of carbonyl (C=O) groups excluding carboxylic acids is 2. The second-order valence-electron chi connectivity index (χ2n) is 9.28. The Hall–Kier alpha value is -3.47. The molecule has 0 bridgehead atoms. The van der Waals surface area contributed by atoms with Crippen molar-refractivity contribution in [3.05, 3.63) is 41.5 Å². The highest BCUT2D eigenvalue weighted by Gasteiger charge is 2.35. The Balaban J connectivity index is 1.87. The second kappa shape index (κ2) is 11.3. The SMILES string of the molecule is CCOCCCN(C(=O)Cn1nnc(-c2ccc(C)o2)n1)C(C(=O)NC(C)(C)C)c1ccc(C)o1. The first-order valence-corrected chi connectivity index (χ1v) is 11.7. The average Bonchev–Trinajstić information content (AvgIpc) is 3.50. The lowest BCUT2D eigenvalue weighted by Crippen LogP contribution is -2.50. The molecule has 3 aromatic rings. The number of hydrogen-bond donors (Lipinski definition) is 1. The van der Waals surface area contributed by atoms with Crippen molar-refractivity contribution >= 4 is 11.8 Å². The molecule has 0 spiro atoms. The van der Waals surface area contributed by atoms with E-state index in [9.17, 15) is 9.59 Å². The van der Waals surface area contributed by atoms with Crippen LogP contribution >= 0.6 is 0 Å². The first-order chi connectivity index (χ1) is 16.6. The molecule has 0 aromatic carbocycles. The Bertz CT molecular complexity index is 1130. The number of furan rings is 2. The van der Waals surface area contributed by atoms with Gasteiger partial charge in [0.2, 0.25) is 11.7 Å². The molecule has 2 amide bonds. The van der Waals surface area contributed by atoms with Crippen molar-refractivity contribution in [3.8, 4) is 11.6 Å². The Morgan fingerprint density at radius 2 is 1.86 bits per heavy atom. The highest BCUT2D eigenvalue weighted by Crippen LogP contribution is 2.25. The van der Waals surface area contributed by atoms with E-state index in [1.807, 2.05) is 34.6 Å². The van der Waals surface area contributed by atoms with Crippen LogP contribution in [-0.2, 0) is 20.9 Å². The molecule has 3 heterocycles. The van der Waals surface area contributed by atoms with Gasteiger partial charge in [0.25, 0.3) is 5.91 Å². The Morgan fingerprint density at radius 3 is 2.46 bits per heavy atom. The van der Waals surface area contributed by atoms with Crippen LogP contribution in [0.25, 0.3) is 11.6 Å². The third-order valence-corrected chi connectivity index (χ3v) is 4.99. The lowest BCUT2D eigenvalue weighted by Gasteiger charge is -2.32. The van der Waals surface area contributed by atoms with Crippen molar-refractivity contribution in [2.24, 2.45) is 0 Å². The van der Waals surface area contributed by atoms with Crippen molar-refractivity contribution in [2.45, 2.75) is 66.1 Å². The minimum Gasteiger partial charge on any atom is -0.464 e. The Labute approximate surface area is 204 Å². The summed E-state index contributed by atoms with van der Waals surface area (Å²) in [7, 11) is 0. The molecule has 0 aliphatic carbocycles. The van der Waals surface area contributed by atoms with Gasteiger partial charge in [-0.2, -0.15) is 4.80 Å². The summed E-state index contributed by atoms with van der Waals surface area (Å²) in [4.78, 5) is 29.6. The summed E-state index contributed by atoms with van der Waals surface area (Å²) >= 11 is 0. The van der Waals surface area contributed by atoms with Crippen LogP contribution in [0.15, 0.2) is 33.1 Å². The monoisotopic (exact) mass is 486 g/mol. The van der Waals surface area contributed by atoms with E-state index in [1.54, 1.807) is 31.2 Å². The summed E-state index contributed by atoms with van der Waals surface area (Å²) < 4.78 is 16.8. The van der Waals surface area contributed by atoms with Crippen molar-refractivity contribution in [2.75, 3.05) is 19.8 Å². The third-order valence-electron chi connectivity index (χ3n) is 4.99. The van der Waals surface area contributed by atoms with E-state index < -0.39 is 11.6 Å². The number of tetrazole rings is 1. The zero-order valence-corrected chi connectivity index (χ0v) is 21.2. The topological polar surface area (TPSA) is 129 Å². The van der Waals surface area contributed by atoms with Gasteiger partial charge in [-0.15, -0.1) is 10.2 Å². The maximum absolute atomic E-state index is 13.5. The van der Waals surface area contributed by atoms with Gasteiger partial charge in [0, 0.05) is 25.3 Å². The largest absolute Gasteiger partial charge is 0.464 e. The van der Waals surface area contributed by atoms with E-state index in [2.05, 4.69) is 20.7 Å². The number of hydrogen-bond acceptors (Lipinski definition) is 8. The fourth-order valence-electron chi connectivity index (χ4n) is 3.52. The van der Waals surface area contributed by atoms with Crippen LogP contribution in [0.4, 0.5) is 0 Å². The molecule has 3 aromatic heterocycles. The summed E-state index contributed by atoms with van der Waals surface area (Å²) in [5, 5.41) is 15.2. The van der Waals surface area contributed by atoms with Gasteiger partial charge in [-0.25, -0.2) is 0 Å². The number of carbonyl (C=O) groups is 2. The maximum atomic E-state index is 13.5. The highest BCUT2D eigenvalue weighted by molar-refractivity contribution is 5.88. The first kappa shape index (κ1) is 26.1. The van der Waals surface area contributed by atoms with Crippen LogP contribution in [0, 0.1) is 13.8 Å². The van der Waals surface area contributed by atoms with E-state index >= 15 is 0 Å². The summed E-state index contributed by atoms with van der Waals surface area (Å²) in [6.45, 7) is 12.3. The fraction of sp³-hybridized carbons (Fsp3) is 0.542. The molecule has 11 nitrogen and oxygen atoms in total. The van der Waals surface area contributed by atoms with E-state index in [0.717, 1.165) is 0 Å². The molecule has 0 saturated carbocycles. The number of rotatable bonds is 11. The molecule has 1 atom stereocenters. The Kier molecular flexibility index (Phi) is 8.44. The van der Waals surface area contributed by atoms with Gasteiger partial charge in [-0.05, 0) is 77.4 Å². The minimum absolute atomic E-state index is 0.208. The van der Waals surface area contributed by atoms with E-state index in [4.69, 9.17) is 13.6 Å². The summed E-state index contributed by atoms with van der Waals surface area (Å²) in [5.74, 6) is 1.79. The van der Waals surface area contributed by atoms with E-state index in [1.165, 1.54) is 9.70 Å². The van der Waals surface area contributed by atoms with Crippen LogP contribution in [0.2, 0.25) is 0 Å².